The molecule has 0 bridgehead atoms. The molecule has 2 aliphatic heterocycles. The number of nitrogens with zero attached hydrogens (tertiary/aromatic N) is 4. The normalized spacial score (nSPS) is 21.5. The van der Waals surface area contributed by atoms with Crippen LogP contribution in [0.15, 0.2) is 60.9 Å². The number of likely N-dealkylation sites (tertiary alicyclic amines) is 2. The lowest BCUT2D eigenvalue weighted by Gasteiger charge is -2.27. The van der Waals surface area contributed by atoms with Gasteiger partial charge in [-0.1, -0.05) is 48.5 Å². The molecule has 2 aliphatic rings. The van der Waals surface area contributed by atoms with Gasteiger partial charge in [-0.3, -0.25) is 9.80 Å². The molecule has 4 atom stereocenters. The summed E-state index contributed by atoms with van der Waals surface area (Å²) in [4.78, 5) is 39.4. The van der Waals surface area contributed by atoms with Crippen LogP contribution in [0.2, 0.25) is 0 Å². The average molecular weight is 695 g/mol. The molecule has 8 nitrogen and oxygen atoms in total. The third-order valence-corrected chi connectivity index (χ3v) is 10.3. The maximum absolute atomic E-state index is 14.4. The molecule has 0 saturated carbocycles. The van der Waals surface area contributed by atoms with Crippen molar-refractivity contribution in [2.75, 3.05) is 13.1 Å². The average Bonchev–Trinajstić information content (AvgIpc) is 3.81. The molecule has 2 aromatic heterocycles. The fraction of sp³-hybridized carbons (Fsp3) is 0.444. The van der Waals surface area contributed by atoms with Gasteiger partial charge >= 0.3 is 12.2 Å². The summed E-state index contributed by atoms with van der Waals surface area (Å²) < 4.78 is 39.9. The summed E-state index contributed by atoms with van der Waals surface area (Å²) in [6.45, 7) is 10.8. The van der Waals surface area contributed by atoms with Gasteiger partial charge in [0.05, 0.1) is 34.9 Å². The summed E-state index contributed by atoms with van der Waals surface area (Å²) in [5.41, 5.74) is 2.72. The van der Waals surface area contributed by atoms with E-state index < -0.39 is 47.8 Å². The van der Waals surface area contributed by atoms with Crippen molar-refractivity contribution in [2.45, 2.75) is 90.0 Å². The van der Waals surface area contributed by atoms with E-state index in [2.05, 4.69) is 9.97 Å². The molecule has 4 heterocycles. The number of thiazole rings is 2. The number of ether oxygens (including phenoxy) is 2. The lowest BCUT2D eigenvalue weighted by Crippen LogP contribution is -2.36. The lowest BCUT2D eigenvalue weighted by molar-refractivity contribution is 0.0206. The fourth-order valence-electron chi connectivity index (χ4n) is 5.89. The van der Waals surface area contributed by atoms with E-state index >= 15 is 0 Å². The van der Waals surface area contributed by atoms with Gasteiger partial charge in [-0.15, -0.1) is 22.7 Å². The molecule has 48 heavy (non-hydrogen) atoms. The van der Waals surface area contributed by atoms with E-state index in [0.29, 0.717) is 10.0 Å². The second-order valence-electron chi connectivity index (χ2n) is 14.2. The minimum absolute atomic E-state index is 0.00107. The Morgan fingerprint density at radius 3 is 1.31 bits per heavy atom. The number of hydrogen-bond acceptors (Lipinski definition) is 8. The van der Waals surface area contributed by atoms with E-state index in [9.17, 15) is 18.4 Å². The predicted molar refractivity (Wildman–Crippen MR) is 184 cm³/mol. The van der Waals surface area contributed by atoms with Gasteiger partial charge in [0.25, 0.3) is 0 Å². The Morgan fingerprint density at radius 1 is 0.646 bits per heavy atom. The largest absolute Gasteiger partial charge is 0.444 e. The van der Waals surface area contributed by atoms with Crippen LogP contribution in [0.25, 0.3) is 32.0 Å². The number of benzene rings is 2. The van der Waals surface area contributed by atoms with Crippen molar-refractivity contribution in [3.05, 3.63) is 70.9 Å². The van der Waals surface area contributed by atoms with Crippen LogP contribution >= 0.6 is 22.7 Å². The quantitative estimate of drug-likeness (QED) is 0.207. The van der Waals surface area contributed by atoms with Crippen molar-refractivity contribution in [1.82, 2.24) is 19.8 Å². The van der Waals surface area contributed by atoms with Crippen LogP contribution in [0, 0.1) is 0 Å². The molecular formula is C36H40F2N4O4S2. The van der Waals surface area contributed by atoms with Crippen LogP contribution in [0.1, 0.15) is 76.5 Å². The lowest BCUT2D eigenvalue weighted by atomic mass is 10.0. The van der Waals surface area contributed by atoms with Crippen LogP contribution in [-0.4, -0.2) is 68.6 Å². The number of amides is 2. The second kappa shape index (κ2) is 13.2. The smallest absolute Gasteiger partial charge is 0.410 e. The highest BCUT2D eigenvalue weighted by Gasteiger charge is 2.41. The number of halogens is 2. The van der Waals surface area contributed by atoms with Crippen LogP contribution < -0.4 is 0 Å². The summed E-state index contributed by atoms with van der Waals surface area (Å²) in [6.07, 6.45) is 0.665. The highest BCUT2D eigenvalue weighted by molar-refractivity contribution is 7.15. The van der Waals surface area contributed by atoms with Gasteiger partial charge in [-0.05, 0) is 63.8 Å². The maximum Gasteiger partial charge on any atom is 0.410 e. The number of carbonyl (C=O) groups excluding carboxylic acids is 2. The number of rotatable bonds is 5. The molecule has 12 heteroatoms. The Bertz CT molecular complexity index is 1630. The van der Waals surface area contributed by atoms with Gasteiger partial charge < -0.3 is 9.47 Å². The fourth-order valence-corrected chi connectivity index (χ4v) is 7.99. The van der Waals surface area contributed by atoms with E-state index in [4.69, 9.17) is 9.47 Å². The standard InChI is InChI=1S/C36H40F2N4O4S2/c1-35(2,3)45-33(43)41-19-25(37)15-27(41)31-39-17-29(47-31)23-11-7-21(8-12-23)22-9-13-24(14-10-22)30-18-40-32(48-30)28-16-26(38)20-42(28)34(44)46-36(4,5)6/h7-14,17-18,25-28H,15-16,19-20H2,1-6H3/t25-,26-,27-,28-/m0/s1. The first-order chi connectivity index (χ1) is 22.6. The summed E-state index contributed by atoms with van der Waals surface area (Å²) >= 11 is 2.92. The number of hydrogen-bond donors (Lipinski definition) is 0. The van der Waals surface area contributed by atoms with Crippen molar-refractivity contribution in [2.24, 2.45) is 0 Å². The summed E-state index contributed by atoms with van der Waals surface area (Å²) in [5, 5.41) is 1.38. The topological polar surface area (TPSA) is 84.9 Å². The molecule has 2 saturated heterocycles. The highest BCUT2D eigenvalue weighted by Crippen LogP contribution is 2.41. The van der Waals surface area contributed by atoms with E-state index in [1.54, 1.807) is 53.9 Å². The van der Waals surface area contributed by atoms with Crippen molar-refractivity contribution >= 4 is 34.9 Å². The van der Waals surface area contributed by atoms with Crippen LogP contribution in [-0.2, 0) is 9.47 Å². The first-order valence-corrected chi connectivity index (χ1v) is 17.7. The van der Waals surface area contributed by atoms with Gasteiger partial charge in [-0.2, -0.15) is 0 Å². The third-order valence-electron chi connectivity index (χ3n) is 8.05. The molecule has 0 aliphatic carbocycles. The molecule has 6 rings (SSSR count). The Morgan fingerprint density at radius 2 is 0.979 bits per heavy atom. The van der Waals surface area contributed by atoms with Crippen molar-refractivity contribution in [1.29, 1.82) is 0 Å². The van der Waals surface area contributed by atoms with Crippen LogP contribution in [0.3, 0.4) is 0 Å². The van der Waals surface area contributed by atoms with Crippen molar-refractivity contribution in [3.8, 4) is 32.0 Å². The number of alkyl halides is 2. The molecule has 2 fully saturated rings. The second-order valence-corrected chi connectivity index (χ2v) is 16.4. The summed E-state index contributed by atoms with van der Waals surface area (Å²) in [5.74, 6) is 0. The van der Waals surface area contributed by atoms with Crippen LogP contribution in [0.4, 0.5) is 18.4 Å². The zero-order chi connectivity index (χ0) is 34.4. The monoisotopic (exact) mass is 694 g/mol. The molecule has 0 spiro atoms. The SMILES string of the molecule is CC(C)(C)OC(=O)N1C[C@@H](F)C[C@H]1c1ncc(-c2ccc(-c3ccc(-c4cnc([C@@H]5C[C@H](F)CN5C(=O)OC(C)(C)C)s4)cc3)cc2)s1. The Balaban J connectivity index is 1.12. The van der Waals surface area contributed by atoms with Gasteiger partial charge in [0.1, 0.15) is 33.6 Å². The predicted octanol–water partition coefficient (Wildman–Crippen LogP) is 9.64. The van der Waals surface area contributed by atoms with Crippen molar-refractivity contribution < 1.29 is 27.8 Å². The first-order valence-electron chi connectivity index (χ1n) is 16.0. The highest BCUT2D eigenvalue weighted by atomic mass is 32.1. The Labute approximate surface area is 287 Å². The molecule has 254 valence electrons. The van der Waals surface area contributed by atoms with E-state index in [-0.39, 0.29) is 25.9 Å². The third kappa shape index (κ3) is 7.70. The zero-order valence-electron chi connectivity index (χ0n) is 27.9. The first kappa shape index (κ1) is 34.0. The minimum Gasteiger partial charge on any atom is -0.444 e. The van der Waals surface area contributed by atoms with Crippen LogP contribution in [0.5, 0.6) is 0 Å². The minimum atomic E-state index is -1.12. The van der Waals surface area contributed by atoms with E-state index in [1.165, 1.54) is 32.5 Å². The van der Waals surface area contributed by atoms with Gasteiger partial charge in [0, 0.05) is 25.2 Å². The molecule has 0 unspecified atom stereocenters. The number of aromatic nitrogens is 2. The summed E-state index contributed by atoms with van der Waals surface area (Å²) in [7, 11) is 0. The number of carbonyl (C=O) groups is 2. The van der Waals surface area contributed by atoms with Gasteiger partial charge in [0.15, 0.2) is 0 Å². The Hall–Kier alpha value is -3.90. The molecular weight excluding hydrogens is 655 g/mol. The molecule has 4 aromatic rings. The zero-order valence-corrected chi connectivity index (χ0v) is 29.5. The van der Waals surface area contributed by atoms with Crippen molar-refractivity contribution in [3.63, 3.8) is 0 Å². The van der Waals surface area contributed by atoms with Gasteiger partial charge in [-0.25, -0.2) is 28.3 Å². The maximum atomic E-state index is 14.4. The summed E-state index contributed by atoms with van der Waals surface area (Å²) in [6, 6.07) is 15.4. The molecule has 0 radical (unpaired) electrons. The molecule has 2 amide bonds. The molecule has 2 aromatic carbocycles. The van der Waals surface area contributed by atoms with E-state index in [1.807, 2.05) is 48.5 Å². The Kier molecular flexibility index (Phi) is 9.34. The van der Waals surface area contributed by atoms with Gasteiger partial charge in [0.2, 0.25) is 0 Å². The van der Waals surface area contributed by atoms with E-state index in [0.717, 1.165) is 32.0 Å². The molecule has 0 N–H and O–H groups in total.